The number of anilines is 1. The summed E-state index contributed by atoms with van der Waals surface area (Å²) in [6.07, 6.45) is -1.11. The Kier molecular flexibility index (Phi) is 5.01. The number of carbonyl (C=O) groups is 3. The highest BCUT2D eigenvalue weighted by molar-refractivity contribution is 7.20. The Morgan fingerprint density at radius 1 is 1.27 bits per heavy atom. The molecule has 2 heterocycles. The van der Waals surface area contributed by atoms with Crippen molar-refractivity contribution in [2.75, 3.05) is 5.32 Å². The van der Waals surface area contributed by atoms with Gasteiger partial charge in [-0.3, -0.25) is 9.59 Å². The summed E-state index contributed by atoms with van der Waals surface area (Å²) in [5.41, 5.74) is 5.40. The van der Waals surface area contributed by atoms with Crippen molar-refractivity contribution in [1.82, 2.24) is 0 Å². The van der Waals surface area contributed by atoms with Gasteiger partial charge < -0.3 is 15.8 Å². The van der Waals surface area contributed by atoms with Crippen LogP contribution < -0.4 is 11.1 Å². The van der Waals surface area contributed by atoms with Gasteiger partial charge in [0.2, 0.25) is 0 Å². The number of benzene rings is 1. The van der Waals surface area contributed by atoms with Gasteiger partial charge >= 0.3 is 5.97 Å². The van der Waals surface area contributed by atoms with Crippen molar-refractivity contribution < 1.29 is 23.5 Å². The van der Waals surface area contributed by atoms with Crippen LogP contribution in [0.2, 0.25) is 0 Å². The summed E-state index contributed by atoms with van der Waals surface area (Å²) in [6.45, 7) is 1.40. The zero-order valence-electron chi connectivity index (χ0n) is 13.4. The number of rotatable bonds is 5. The number of esters is 1. The molecule has 0 unspecified atom stereocenters. The van der Waals surface area contributed by atoms with Crippen LogP contribution in [-0.4, -0.2) is 23.9 Å². The second-order valence-corrected chi connectivity index (χ2v) is 7.33. The van der Waals surface area contributed by atoms with Gasteiger partial charge in [0.25, 0.3) is 11.8 Å². The fourth-order valence-corrected chi connectivity index (χ4v) is 3.97. The van der Waals surface area contributed by atoms with Crippen molar-refractivity contribution in [3.05, 3.63) is 52.0 Å². The molecular formula is C17H13FN2O4S2. The van der Waals surface area contributed by atoms with E-state index in [0.717, 1.165) is 22.7 Å². The minimum Gasteiger partial charge on any atom is -0.448 e. The molecule has 0 fully saturated rings. The van der Waals surface area contributed by atoms with E-state index in [1.807, 2.05) is 0 Å². The third-order valence-corrected chi connectivity index (χ3v) is 5.44. The molecule has 1 atom stereocenters. The summed E-state index contributed by atoms with van der Waals surface area (Å²) < 4.78 is 19.5. The standard InChI is InChI=1S/C17H13FN2O4S2/c1-8(15(22)20-16-9(14(19)21)5-6-25-16)24-17(23)13-7-10-11(18)3-2-4-12(10)26-13/h2-8H,1H3,(H2,19,21)(H,20,22)/t8-/m0/s1. The van der Waals surface area contributed by atoms with E-state index in [0.29, 0.717) is 10.1 Å². The van der Waals surface area contributed by atoms with Crippen LogP contribution >= 0.6 is 22.7 Å². The van der Waals surface area contributed by atoms with E-state index < -0.39 is 29.7 Å². The van der Waals surface area contributed by atoms with Crippen molar-refractivity contribution in [2.45, 2.75) is 13.0 Å². The molecule has 2 amide bonds. The Morgan fingerprint density at radius 2 is 2.04 bits per heavy atom. The summed E-state index contributed by atoms with van der Waals surface area (Å²) in [5, 5.41) is 4.73. The topological polar surface area (TPSA) is 98.5 Å². The number of fused-ring (bicyclic) bond motifs is 1. The highest BCUT2D eigenvalue weighted by Gasteiger charge is 2.22. The lowest BCUT2D eigenvalue weighted by atomic mass is 10.2. The SMILES string of the molecule is C[C@H](OC(=O)c1cc2c(F)cccc2s1)C(=O)Nc1sccc1C(N)=O. The number of halogens is 1. The van der Waals surface area contributed by atoms with Crippen molar-refractivity contribution in [2.24, 2.45) is 5.73 Å². The van der Waals surface area contributed by atoms with Crippen LogP contribution in [0, 0.1) is 5.82 Å². The van der Waals surface area contributed by atoms with Crippen LogP contribution in [0.25, 0.3) is 10.1 Å². The minimum absolute atomic E-state index is 0.182. The molecule has 6 nitrogen and oxygen atoms in total. The fraction of sp³-hybridized carbons (Fsp3) is 0.118. The van der Waals surface area contributed by atoms with Gasteiger partial charge in [0.05, 0.1) is 5.56 Å². The minimum atomic E-state index is -1.11. The number of ether oxygens (including phenoxy) is 1. The third-order valence-electron chi connectivity index (χ3n) is 3.53. The average molecular weight is 392 g/mol. The van der Waals surface area contributed by atoms with E-state index in [-0.39, 0.29) is 15.4 Å². The fourth-order valence-electron chi connectivity index (χ4n) is 2.21. The molecule has 26 heavy (non-hydrogen) atoms. The van der Waals surface area contributed by atoms with Gasteiger partial charge in [-0.05, 0) is 36.6 Å². The lowest BCUT2D eigenvalue weighted by Gasteiger charge is -2.12. The first-order valence-electron chi connectivity index (χ1n) is 7.44. The molecule has 134 valence electrons. The number of nitrogens with one attached hydrogen (secondary N) is 1. The molecule has 0 aliphatic carbocycles. The van der Waals surface area contributed by atoms with Crippen LogP contribution in [0.4, 0.5) is 9.39 Å². The van der Waals surface area contributed by atoms with Gasteiger partial charge in [-0.1, -0.05) is 6.07 Å². The molecule has 9 heteroatoms. The van der Waals surface area contributed by atoms with E-state index in [1.54, 1.807) is 17.5 Å². The summed E-state index contributed by atoms with van der Waals surface area (Å²) >= 11 is 2.21. The van der Waals surface area contributed by atoms with Crippen molar-refractivity contribution in [1.29, 1.82) is 0 Å². The van der Waals surface area contributed by atoms with Gasteiger partial charge in [0, 0.05) is 10.1 Å². The van der Waals surface area contributed by atoms with Crippen LogP contribution in [0.5, 0.6) is 0 Å². The molecule has 1 aromatic carbocycles. The number of amides is 2. The highest BCUT2D eigenvalue weighted by atomic mass is 32.1. The maximum atomic E-state index is 13.7. The summed E-state index contributed by atoms with van der Waals surface area (Å²) in [7, 11) is 0. The summed E-state index contributed by atoms with van der Waals surface area (Å²) in [4.78, 5) is 35.9. The molecule has 2 aromatic heterocycles. The zero-order chi connectivity index (χ0) is 18.8. The first-order valence-corrected chi connectivity index (χ1v) is 9.13. The number of primary amides is 1. The Morgan fingerprint density at radius 3 is 2.73 bits per heavy atom. The number of hydrogen-bond acceptors (Lipinski definition) is 6. The third kappa shape index (κ3) is 3.58. The molecule has 0 spiro atoms. The van der Waals surface area contributed by atoms with Crippen LogP contribution in [0.15, 0.2) is 35.7 Å². The first kappa shape index (κ1) is 18.0. The lowest BCUT2D eigenvalue weighted by Crippen LogP contribution is -2.30. The smallest absolute Gasteiger partial charge is 0.349 e. The largest absolute Gasteiger partial charge is 0.448 e. The van der Waals surface area contributed by atoms with Crippen LogP contribution in [0.1, 0.15) is 27.0 Å². The van der Waals surface area contributed by atoms with E-state index in [4.69, 9.17) is 10.5 Å². The molecule has 0 aliphatic rings. The monoisotopic (exact) mass is 392 g/mol. The Hall–Kier alpha value is -2.78. The molecule has 0 saturated carbocycles. The zero-order valence-corrected chi connectivity index (χ0v) is 15.1. The number of hydrogen-bond donors (Lipinski definition) is 2. The second kappa shape index (κ2) is 7.22. The molecule has 0 bridgehead atoms. The van der Waals surface area contributed by atoms with Crippen molar-refractivity contribution >= 4 is 55.5 Å². The summed E-state index contributed by atoms with van der Waals surface area (Å²) in [5.74, 6) is -2.43. The Balaban J connectivity index is 1.69. The summed E-state index contributed by atoms with van der Waals surface area (Å²) in [6, 6.07) is 7.43. The van der Waals surface area contributed by atoms with Gasteiger partial charge in [-0.2, -0.15) is 0 Å². The van der Waals surface area contributed by atoms with Gasteiger partial charge in [-0.15, -0.1) is 22.7 Å². The van der Waals surface area contributed by atoms with Gasteiger partial charge in [0.15, 0.2) is 6.10 Å². The van der Waals surface area contributed by atoms with Gasteiger partial charge in [0.1, 0.15) is 15.7 Å². The average Bonchev–Trinajstić information content (AvgIpc) is 3.22. The number of thiophene rings is 2. The van der Waals surface area contributed by atoms with Crippen LogP contribution in [0.3, 0.4) is 0 Å². The lowest BCUT2D eigenvalue weighted by molar-refractivity contribution is -0.123. The van der Waals surface area contributed by atoms with Crippen molar-refractivity contribution in [3.8, 4) is 0 Å². The Labute approximate surface area is 155 Å². The Bertz CT molecular complexity index is 1010. The molecule has 3 rings (SSSR count). The number of carbonyl (C=O) groups excluding carboxylic acids is 3. The van der Waals surface area contributed by atoms with Crippen LogP contribution in [-0.2, 0) is 9.53 Å². The first-order chi connectivity index (χ1) is 12.4. The normalized spacial score (nSPS) is 11.9. The molecule has 3 aromatic rings. The quantitative estimate of drug-likeness (QED) is 0.650. The molecule has 0 saturated heterocycles. The van der Waals surface area contributed by atoms with E-state index >= 15 is 0 Å². The predicted octanol–water partition coefficient (Wildman–Crippen LogP) is 3.38. The van der Waals surface area contributed by atoms with E-state index in [1.165, 1.54) is 25.1 Å². The number of nitrogens with two attached hydrogens (primary N) is 1. The van der Waals surface area contributed by atoms with Gasteiger partial charge in [-0.25, -0.2) is 9.18 Å². The molecule has 0 radical (unpaired) electrons. The predicted molar refractivity (Wildman–Crippen MR) is 98.1 cm³/mol. The molecule has 3 N–H and O–H groups in total. The van der Waals surface area contributed by atoms with E-state index in [2.05, 4.69) is 5.32 Å². The van der Waals surface area contributed by atoms with E-state index in [9.17, 15) is 18.8 Å². The molecule has 0 aliphatic heterocycles. The maximum Gasteiger partial charge on any atom is 0.349 e. The highest BCUT2D eigenvalue weighted by Crippen LogP contribution is 2.28. The maximum absolute atomic E-state index is 13.7. The van der Waals surface area contributed by atoms with Crippen molar-refractivity contribution in [3.63, 3.8) is 0 Å². The second-order valence-electron chi connectivity index (χ2n) is 5.33. The molecular weight excluding hydrogens is 379 g/mol.